The monoisotopic (exact) mass is 322 g/mol. The van der Waals surface area contributed by atoms with Gasteiger partial charge in [-0.1, -0.05) is 23.4 Å². The van der Waals surface area contributed by atoms with E-state index in [9.17, 15) is 4.79 Å². The largest absolute Gasteiger partial charge is 0.325 e. The van der Waals surface area contributed by atoms with E-state index >= 15 is 0 Å². The van der Waals surface area contributed by atoms with Crippen LogP contribution < -0.4 is 5.32 Å². The minimum absolute atomic E-state index is 0.205. The first-order valence-corrected chi connectivity index (χ1v) is 7.16. The summed E-state index contributed by atoms with van der Waals surface area (Å²) in [7, 11) is 1.70. The van der Waals surface area contributed by atoms with E-state index in [0.717, 1.165) is 0 Å². The van der Waals surface area contributed by atoms with Crippen LogP contribution in [0.15, 0.2) is 23.4 Å². The molecule has 0 aliphatic heterocycles. The van der Waals surface area contributed by atoms with Gasteiger partial charge in [0.1, 0.15) is 6.07 Å². The molecule has 21 heavy (non-hydrogen) atoms. The van der Waals surface area contributed by atoms with E-state index in [4.69, 9.17) is 16.9 Å². The summed E-state index contributed by atoms with van der Waals surface area (Å²) >= 11 is 7.17. The summed E-state index contributed by atoms with van der Waals surface area (Å²) in [5.41, 5.74) is 0.898. The van der Waals surface area contributed by atoms with Gasteiger partial charge in [-0.3, -0.25) is 4.79 Å². The van der Waals surface area contributed by atoms with Crippen LogP contribution in [-0.2, 0) is 11.8 Å². The number of nitriles is 1. The molecule has 2 rings (SSSR count). The summed E-state index contributed by atoms with van der Waals surface area (Å²) in [6.07, 6.45) is 0. The number of amides is 1. The number of aryl methyl sites for hydroxylation is 1. The Bertz CT molecular complexity index is 710. The molecule has 0 bridgehead atoms. The Morgan fingerprint density at radius 2 is 2.33 bits per heavy atom. The molecule has 1 aromatic carbocycles. The van der Waals surface area contributed by atoms with Crippen molar-refractivity contribution in [3.63, 3.8) is 0 Å². The molecular formula is C12H11ClN6OS. The van der Waals surface area contributed by atoms with Gasteiger partial charge in [0, 0.05) is 12.7 Å². The first-order chi connectivity index (χ1) is 10.0. The van der Waals surface area contributed by atoms with Crippen molar-refractivity contribution in [2.24, 2.45) is 7.05 Å². The van der Waals surface area contributed by atoms with Gasteiger partial charge in [0.2, 0.25) is 11.1 Å². The lowest BCUT2D eigenvalue weighted by atomic mass is 10.2. The van der Waals surface area contributed by atoms with Gasteiger partial charge in [-0.15, -0.1) is 5.10 Å². The summed E-state index contributed by atoms with van der Waals surface area (Å²) in [6.45, 7) is 1.75. The summed E-state index contributed by atoms with van der Waals surface area (Å²) in [6, 6.07) is 6.69. The standard InChI is InChI=1S/C12H11ClN6OS/c1-7(21-12-16-17-18-19(12)2)11(20)15-9-4-3-8(6-14)10(13)5-9/h3-5,7H,1-2H3,(H,15,20). The molecule has 2 aromatic rings. The predicted molar refractivity (Wildman–Crippen MR) is 78.9 cm³/mol. The molecule has 108 valence electrons. The zero-order valence-corrected chi connectivity index (χ0v) is 12.8. The number of rotatable bonds is 4. The first kappa shape index (κ1) is 15.3. The van der Waals surface area contributed by atoms with Crippen molar-refractivity contribution in [1.82, 2.24) is 20.2 Å². The molecule has 1 atom stereocenters. The van der Waals surface area contributed by atoms with Gasteiger partial charge in [0.15, 0.2) is 0 Å². The number of nitrogens with zero attached hydrogens (tertiary/aromatic N) is 5. The molecule has 0 spiro atoms. The van der Waals surface area contributed by atoms with Crippen molar-refractivity contribution >= 4 is 35.0 Å². The van der Waals surface area contributed by atoms with E-state index < -0.39 is 0 Å². The number of anilines is 1. The second-order valence-electron chi connectivity index (χ2n) is 4.14. The van der Waals surface area contributed by atoms with Gasteiger partial charge in [-0.25, -0.2) is 4.68 Å². The molecule has 1 amide bonds. The van der Waals surface area contributed by atoms with Gasteiger partial charge < -0.3 is 5.32 Å². The predicted octanol–water partition coefficient (Wildman–Crippen LogP) is 1.85. The maximum absolute atomic E-state index is 12.1. The van der Waals surface area contributed by atoms with Crippen LogP contribution in [0.1, 0.15) is 12.5 Å². The van der Waals surface area contributed by atoms with Crippen molar-refractivity contribution in [3.8, 4) is 6.07 Å². The Labute approximate surface area is 130 Å². The molecule has 1 heterocycles. The zero-order chi connectivity index (χ0) is 15.4. The van der Waals surface area contributed by atoms with Crippen molar-refractivity contribution in [1.29, 1.82) is 5.26 Å². The smallest absolute Gasteiger partial charge is 0.237 e. The summed E-state index contributed by atoms with van der Waals surface area (Å²) in [4.78, 5) is 12.1. The third kappa shape index (κ3) is 3.71. The number of thioether (sulfide) groups is 1. The van der Waals surface area contributed by atoms with E-state index in [0.29, 0.717) is 21.4 Å². The van der Waals surface area contributed by atoms with E-state index in [1.54, 1.807) is 32.2 Å². The maximum Gasteiger partial charge on any atom is 0.237 e. The number of halogens is 1. The summed E-state index contributed by atoms with van der Waals surface area (Å²) in [5.74, 6) is -0.205. The van der Waals surface area contributed by atoms with Gasteiger partial charge >= 0.3 is 0 Å². The topological polar surface area (TPSA) is 96.5 Å². The second-order valence-corrected chi connectivity index (χ2v) is 5.86. The average Bonchev–Trinajstić information content (AvgIpc) is 2.84. The number of hydrogen-bond acceptors (Lipinski definition) is 6. The van der Waals surface area contributed by atoms with Gasteiger partial charge in [0.05, 0.1) is 15.8 Å². The van der Waals surface area contributed by atoms with Crippen LogP contribution in [0.3, 0.4) is 0 Å². The van der Waals surface area contributed by atoms with Crippen LogP contribution >= 0.6 is 23.4 Å². The molecule has 0 radical (unpaired) electrons. The van der Waals surface area contributed by atoms with Crippen molar-refractivity contribution < 1.29 is 4.79 Å². The number of benzene rings is 1. The van der Waals surface area contributed by atoms with Crippen LogP contribution in [0.5, 0.6) is 0 Å². The fourth-order valence-corrected chi connectivity index (χ4v) is 2.44. The number of tetrazole rings is 1. The molecular weight excluding hydrogens is 312 g/mol. The zero-order valence-electron chi connectivity index (χ0n) is 11.2. The van der Waals surface area contributed by atoms with Crippen molar-refractivity contribution in [3.05, 3.63) is 28.8 Å². The quantitative estimate of drug-likeness (QED) is 0.863. The van der Waals surface area contributed by atoms with E-state index in [1.165, 1.54) is 16.4 Å². The molecule has 0 fully saturated rings. The van der Waals surface area contributed by atoms with Gasteiger partial charge in [-0.05, 0) is 35.5 Å². The molecule has 0 aliphatic rings. The third-order valence-corrected chi connectivity index (χ3v) is 4.03. The normalized spacial score (nSPS) is 11.7. The fourth-order valence-electron chi connectivity index (χ4n) is 1.46. The lowest BCUT2D eigenvalue weighted by Crippen LogP contribution is -2.22. The lowest BCUT2D eigenvalue weighted by molar-refractivity contribution is -0.115. The molecule has 1 aromatic heterocycles. The third-order valence-electron chi connectivity index (χ3n) is 2.59. The highest BCUT2D eigenvalue weighted by atomic mass is 35.5. The highest BCUT2D eigenvalue weighted by Crippen LogP contribution is 2.23. The van der Waals surface area contributed by atoms with Crippen LogP contribution in [0.2, 0.25) is 5.02 Å². The minimum Gasteiger partial charge on any atom is -0.325 e. The van der Waals surface area contributed by atoms with Crippen LogP contribution in [0.4, 0.5) is 5.69 Å². The van der Waals surface area contributed by atoms with Gasteiger partial charge in [0.25, 0.3) is 0 Å². The number of hydrogen-bond donors (Lipinski definition) is 1. The molecule has 7 nitrogen and oxygen atoms in total. The van der Waals surface area contributed by atoms with Gasteiger partial charge in [-0.2, -0.15) is 5.26 Å². The van der Waals surface area contributed by atoms with Crippen LogP contribution in [-0.4, -0.2) is 31.4 Å². The van der Waals surface area contributed by atoms with Crippen molar-refractivity contribution in [2.45, 2.75) is 17.3 Å². The summed E-state index contributed by atoms with van der Waals surface area (Å²) < 4.78 is 1.49. The Morgan fingerprint density at radius 3 is 2.90 bits per heavy atom. The molecule has 1 N–H and O–H groups in total. The molecule has 0 aliphatic carbocycles. The van der Waals surface area contributed by atoms with E-state index in [-0.39, 0.29) is 11.2 Å². The maximum atomic E-state index is 12.1. The van der Waals surface area contributed by atoms with E-state index in [1.807, 2.05) is 6.07 Å². The Kier molecular flexibility index (Phi) is 4.77. The Balaban J connectivity index is 2.02. The van der Waals surface area contributed by atoms with E-state index in [2.05, 4.69) is 20.8 Å². The highest BCUT2D eigenvalue weighted by molar-refractivity contribution is 8.00. The van der Waals surface area contributed by atoms with Crippen molar-refractivity contribution in [2.75, 3.05) is 5.32 Å². The highest BCUT2D eigenvalue weighted by Gasteiger charge is 2.18. The first-order valence-electron chi connectivity index (χ1n) is 5.91. The average molecular weight is 323 g/mol. The number of carbonyl (C=O) groups excluding carboxylic acids is 1. The molecule has 0 saturated carbocycles. The molecule has 1 unspecified atom stereocenters. The number of nitrogens with one attached hydrogen (secondary N) is 1. The fraction of sp³-hybridized carbons (Fsp3) is 0.250. The molecule has 0 saturated heterocycles. The lowest BCUT2D eigenvalue weighted by Gasteiger charge is -2.11. The van der Waals surface area contributed by atoms with Crippen LogP contribution in [0.25, 0.3) is 0 Å². The Hall–Kier alpha value is -2.11. The number of aromatic nitrogens is 4. The molecule has 9 heteroatoms. The minimum atomic E-state index is -0.385. The SMILES string of the molecule is CC(Sc1nnnn1C)C(=O)Nc1ccc(C#N)c(Cl)c1. The number of carbonyl (C=O) groups is 1. The summed E-state index contributed by atoms with van der Waals surface area (Å²) in [5, 5.41) is 23.0. The van der Waals surface area contributed by atoms with Crippen LogP contribution in [0, 0.1) is 11.3 Å². The second kappa shape index (κ2) is 6.56. The Morgan fingerprint density at radius 1 is 1.57 bits per heavy atom.